The van der Waals surface area contributed by atoms with Gasteiger partial charge in [-0.3, -0.25) is 0 Å². The average Bonchev–Trinajstić information content (AvgIpc) is 3.29. The number of aromatic nitrogens is 1. The van der Waals surface area contributed by atoms with Crippen molar-refractivity contribution in [3.63, 3.8) is 0 Å². The summed E-state index contributed by atoms with van der Waals surface area (Å²) in [6.07, 6.45) is 6.77. The summed E-state index contributed by atoms with van der Waals surface area (Å²) in [6.45, 7) is 1.83. The van der Waals surface area contributed by atoms with E-state index in [0.29, 0.717) is 38.6 Å². The van der Waals surface area contributed by atoms with E-state index in [1.54, 1.807) is 0 Å². The van der Waals surface area contributed by atoms with Gasteiger partial charge < -0.3 is 18.7 Å². The number of hydrogen-bond donors (Lipinski definition) is 0. The maximum atomic E-state index is 13.6. The molecule has 0 atom stereocenters. The van der Waals surface area contributed by atoms with E-state index in [2.05, 4.69) is 5.16 Å². The zero-order valence-corrected chi connectivity index (χ0v) is 16.3. The van der Waals surface area contributed by atoms with E-state index < -0.39 is 5.92 Å². The molecule has 3 aliphatic carbocycles. The van der Waals surface area contributed by atoms with Gasteiger partial charge in [0.15, 0.2) is 5.79 Å². The first-order valence-electron chi connectivity index (χ1n) is 10.8. The lowest BCUT2D eigenvalue weighted by atomic mass is 9.83. The highest BCUT2D eigenvalue weighted by Crippen LogP contribution is 2.47. The van der Waals surface area contributed by atoms with E-state index in [9.17, 15) is 8.78 Å². The molecular weight excluding hydrogens is 368 g/mol. The lowest BCUT2D eigenvalue weighted by Crippen LogP contribution is -2.37. The van der Waals surface area contributed by atoms with Crippen LogP contribution in [0, 0.1) is 0 Å². The van der Waals surface area contributed by atoms with Crippen molar-refractivity contribution >= 4 is 0 Å². The van der Waals surface area contributed by atoms with Crippen LogP contribution >= 0.6 is 0 Å². The number of hydrogen-bond acceptors (Lipinski definition) is 5. The van der Waals surface area contributed by atoms with Gasteiger partial charge in [0.2, 0.25) is 5.92 Å². The monoisotopic (exact) mass is 397 g/mol. The molecule has 7 heteroatoms. The van der Waals surface area contributed by atoms with Gasteiger partial charge >= 0.3 is 0 Å². The van der Waals surface area contributed by atoms with Crippen LogP contribution in [0.1, 0.15) is 93.1 Å². The van der Waals surface area contributed by atoms with Gasteiger partial charge in [0.05, 0.1) is 31.6 Å². The van der Waals surface area contributed by atoms with Crippen LogP contribution in [0.4, 0.5) is 8.78 Å². The van der Waals surface area contributed by atoms with Gasteiger partial charge in [-0.25, -0.2) is 8.78 Å². The van der Waals surface area contributed by atoms with E-state index in [4.69, 9.17) is 18.7 Å². The normalized spacial score (nSPS) is 30.1. The Morgan fingerprint density at radius 1 is 0.893 bits per heavy atom. The predicted octanol–water partition coefficient (Wildman–Crippen LogP) is 5.05. The van der Waals surface area contributed by atoms with E-state index >= 15 is 0 Å². The topological polar surface area (TPSA) is 53.7 Å². The first kappa shape index (κ1) is 18.9. The first-order valence-corrected chi connectivity index (χ1v) is 10.8. The molecule has 0 radical (unpaired) electrons. The van der Waals surface area contributed by atoms with E-state index in [1.165, 1.54) is 0 Å². The number of ether oxygens (including phenoxy) is 3. The molecule has 156 valence electrons. The third-order valence-corrected chi connectivity index (χ3v) is 6.87. The molecule has 0 bridgehead atoms. The zero-order chi connectivity index (χ0) is 19.2. The molecule has 4 aliphatic rings. The Balaban J connectivity index is 1.24. The Hall–Kier alpha value is -1.05. The fraction of sp³-hybridized carbons (Fsp3) is 0.857. The third-order valence-electron chi connectivity index (χ3n) is 6.87. The lowest BCUT2D eigenvalue weighted by molar-refractivity contribution is -0.192. The summed E-state index contributed by atoms with van der Waals surface area (Å²) < 4.78 is 50.7. The first-order chi connectivity index (χ1) is 13.5. The van der Waals surface area contributed by atoms with E-state index in [-0.39, 0.29) is 30.7 Å². The largest absolute Gasteiger partial charge is 0.373 e. The Labute approximate surface area is 164 Å². The van der Waals surface area contributed by atoms with Crippen molar-refractivity contribution in [2.24, 2.45) is 0 Å². The van der Waals surface area contributed by atoms with Crippen LogP contribution in [-0.2, 0) is 20.8 Å². The summed E-state index contributed by atoms with van der Waals surface area (Å²) in [7, 11) is 0. The summed E-state index contributed by atoms with van der Waals surface area (Å²) in [6, 6.07) is 0. The van der Waals surface area contributed by atoms with Crippen molar-refractivity contribution in [1.82, 2.24) is 5.16 Å². The number of alkyl halides is 2. The summed E-state index contributed by atoms with van der Waals surface area (Å²) >= 11 is 0. The molecule has 5 rings (SSSR count). The molecule has 3 saturated carbocycles. The minimum absolute atomic E-state index is 0.0596. The molecule has 0 aromatic carbocycles. The highest BCUT2D eigenvalue weighted by atomic mass is 19.3. The summed E-state index contributed by atoms with van der Waals surface area (Å²) in [5, 5.41) is 4.33. The standard InChI is InChI=1S/C21H29F2NO4/c22-20(23)7-3-14(4-8-20)18-17(19(28-24-18)15-1-2-15)13-25-16-5-9-21(10-6-16)26-11-12-27-21/h14-16H,1-13H2. The van der Waals surface area contributed by atoms with Gasteiger partial charge in [-0.15, -0.1) is 0 Å². The highest BCUT2D eigenvalue weighted by molar-refractivity contribution is 5.30. The molecule has 1 saturated heterocycles. The van der Waals surface area contributed by atoms with Gasteiger partial charge in [-0.05, 0) is 38.5 Å². The van der Waals surface area contributed by atoms with Crippen molar-refractivity contribution in [3.8, 4) is 0 Å². The number of rotatable bonds is 5. The molecule has 5 nitrogen and oxygen atoms in total. The molecule has 2 heterocycles. The molecule has 1 aliphatic heterocycles. The van der Waals surface area contributed by atoms with Crippen molar-refractivity contribution in [1.29, 1.82) is 0 Å². The second-order valence-electron chi connectivity index (χ2n) is 8.93. The number of halogens is 2. The van der Waals surface area contributed by atoms with Crippen LogP contribution in [0.5, 0.6) is 0 Å². The third kappa shape index (κ3) is 3.85. The van der Waals surface area contributed by atoms with Crippen LogP contribution < -0.4 is 0 Å². The maximum absolute atomic E-state index is 13.6. The van der Waals surface area contributed by atoms with Crippen LogP contribution in [0.25, 0.3) is 0 Å². The Kier molecular flexibility index (Phi) is 4.96. The van der Waals surface area contributed by atoms with Gasteiger partial charge in [0.25, 0.3) is 0 Å². The zero-order valence-electron chi connectivity index (χ0n) is 16.3. The molecular formula is C21H29F2NO4. The molecule has 28 heavy (non-hydrogen) atoms. The van der Waals surface area contributed by atoms with Crippen molar-refractivity contribution in [2.75, 3.05) is 13.2 Å². The Morgan fingerprint density at radius 3 is 2.21 bits per heavy atom. The van der Waals surface area contributed by atoms with Crippen LogP contribution in [0.2, 0.25) is 0 Å². The van der Waals surface area contributed by atoms with Gasteiger partial charge in [0.1, 0.15) is 5.76 Å². The van der Waals surface area contributed by atoms with Crippen molar-refractivity contribution in [2.45, 2.75) is 100 Å². The molecule has 1 aromatic heterocycles. The van der Waals surface area contributed by atoms with E-state index in [1.807, 2.05) is 0 Å². The fourth-order valence-electron chi connectivity index (χ4n) is 4.97. The Morgan fingerprint density at radius 2 is 1.57 bits per heavy atom. The second kappa shape index (κ2) is 7.33. The lowest BCUT2D eigenvalue weighted by Gasteiger charge is -2.35. The van der Waals surface area contributed by atoms with Gasteiger partial charge in [-0.2, -0.15) is 0 Å². The maximum Gasteiger partial charge on any atom is 0.248 e. The average molecular weight is 397 g/mol. The predicted molar refractivity (Wildman–Crippen MR) is 96.3 cm³/mol. The summed E-state index contributed by atoms with van der Waals surface area (Å²) in [5.74, 6) is -1.49. The van der Waals surface area contributed by atoms with E-state index in [0.717, 1.165) is 55.5 Å². The molecule has 0 N–H and O–H groups in total. The van der Waals surface area contributed by atoms with Crippen LogP contribution in [-0.4, -0.2) is 36.2 Å². The van der Waals surface area contributed by atoms with Crippen molar-refractivity contribution in [3.05, 3.63) is 17.0 Å². The SMILES string of the molecule is FC1(F)CCC(c2noc(C3CC3)c2COC2CCC3(CC2)OCCO3)CC1. The molecule has 1 aromatic rings. The highest BCUT2D eigenvalue weighted by Gasteiger charge is 2.42. The van der Waals surface area contributed by atoms with Gasteiger partial charge in [-0.1, -0.05) is 5.16 Å². The van der Waals surface area contributed by atoms with Crippen LogP contribution in [0.15, 0.2) is 4.52 Å². The minimum Gasteiger partial charge on any atom is -0.373 e. The quantitative estimate of drug-likeness (QED) is 0.696. The molecule has 4 fully saturated rings. The summed E-state index contributed by atoms with van der Waals surface area (Å²) in [5.41, 5.74) is 1.90. The molecule has 1 spiro atoms. The molecule has 0 unspecified atom stereocenters. The smallest absolute Gasteiger partial charge is 0.248 e. The summed E-state index contributed by atoms with van der Waals surface area (Å²) in [4.78, 5) is 0. The number of nitrogens with zero attached hydrogens (tertiary/aromatic N) is 1. The Bertz CT molecular complexity index is 677. The minimum atomic E-state index is -2.53. The fourth-order valence-corrected chi connectivity index (χ4v) is 4.97. The second-order valence-corrected chi connectivity index (χ2v) is 8.93. The molecule has 0 amide bonds. The van der Waals surface area contributed by atoms with Crippen LogP contribution in [0.3, 0.4) is 0 Å². The van der Waals surface area contributed by atoms with Crippen molar-refractivity contribution < 1.29 is 27.5 Å². The van der Waals surface area contributed by atoms with Gasteiger partial charge in [0, 0.05) is 43.1 Å².